The zero-order valence-electron chi connectivity index (χ0n) is 11.7. The molecule has 2 unspecified atom stereocenters. The van der Waals surface area contributed by atoms with Crippen molar-refractivity contribution < 1.29 is 9.47 Å². The van der Waals surface area contributed by atoms with Gasteiger partial charge in [-0.2, -0.15) is 5.26 Å². The van der Waals surface area contributed by atoms with Gasteiger partial charge in [0.25, 0.3) is 0 Å². The van der Waals surface area contributed by atoms with Crippen molar-refractivity contribution in [3.63, 3.8) is 0 Å². The molecule has 2 atom stereocenters. The monoisotopic (exact) mass is 323 g/mol. The first kappa shape index (κ1) is 14.2. The van der Waals surface area contributed by atoms with Gasteiger partial charge >= 0.3 is 0 Å². The second kappa shape index (κ2) is 5.05. The summed E-state index contributed by atoms with van der Waals surface area (Å²) >= 11 is 3.68. The van der Waals surface area contributed by atoms with E-state index < -0.39 is 5.41 Å². The number of fused-ring (bicyclic) bond motifs is 1. The van der Waals surface area contributed by atoms with Crippen molar-refractivity contribution in [3.8, 4) is 17.6 Å². The molecule has 0 N–H and O–H groups in total. The van der Waals surface area contributed by atoms with Gasteiger partial charge in [0.15, 0.2) is 11.5 Å². The highest BCUT2D eigenvalue weighted by atomic mass is 79.9. The Morgan fingerprint density at radius 2 is 1.89 bits per heavy atom. The van der Waals surface area contributed by atoms with Crippen molar-refractivity contribution in [2.75, 3.05) is 14.2 Å². The molecule has 1 aliphatic rings. The highest BCUT2D eigenvalue weighted by Crippen LogP contribution is 2.54. The van der Waals surface area contributed by atoms with Gasteiger partial charge in [0.1, 0.15) is 0 Å². The molecule has 0 heterocycles. The van der Waals surface area contributed by atoms with Crippen molar-refractivity contribution in [1.29, 1.82) is 5.26 Å². The fraction of sp³-hybridized carbons (Fsp3) is 0.533. The number of halogens is 1. The van der Waals surface area contributed by atoms with Crippen molar-refractivity contribution in [2.45, 2.75) is 30.5 Å². The Labute approximate surface area is 122 Å². The maximum absolute atomic E-state index is 9.70. The molecule has 0 radical (unpaired) electrons. The van der Waals surface area contributed by atoms with Crippen LogP contribution >= 0.6 is 15.9 Å². The van der Waals surface area contributed by atoms with E-state index in [2.05, 4.69) is 35.8 Å². The molecule has 3 nitrogen and oxygen atoms in total. The first-order valence-corrected chi connectivity index (χ1v) is 7.23. The molecule has 0 aromatic heterocycles. The number of hydrogen-bond acceptors (Lipinski definition) is 3. The Balaban J connectivity index is 2.68. The van der Waals surface area contributed by atoms with E-state index in [-0.39, 0.29) is 10.7 Å². The lowest BCUT2D eigenvalue weighted by Crippen LogP contribution is -2.27. The number of rotatable bonds is 3. The summed E-state index contributed by atoms with van der Waals surface area (Å²) in [6.07, 6.45) is 0.785. The van der Waals surface area contributed by atoms with E-state index in [1.54, 1.807) is 14.2 Å². The van der Waals surface area contributed by atoms with Crippen LogP contribution in [0.5, 0.6) is 11.5 Å². The fourth-order valence-corrected chi connectivity index (χ4v) is 3.71. The number of methoxy groups -OCH3 is 2. The van der Waals surface area contributed by atoms with Gasteiger partial charge in [-0.1, -0.05) is 29.8 Å². The molecule has 2 rings (SSSR count). The molecule has 0 aliphatic heterocycles. The maximum atomic E-state index is 9.70. The van der Waals surface area contributed by atoms with Crippen molar-refractivity contribution in [2.24, 2.45) is 5.92 Å². The summed E-state index contributed by atoms with van der Waals surface area (Å²) in [5.41, 5.74) is 1.74. The molecular weight excluding hydrogens is 306 g/mol. The lowest BCUT2D eigenvalue weighted by atomic mass is 9.74. The predicted octanol–water partition coefficient (Wildman–Crippen LogP) is 3.96. The first-order valence-electron chi connectivity index (χ1n) is 6.32. The molecule has 102 valence electrons. The van der Waals surface area contributed by atoms with Crippen molar-refractivity contribution in [1.82, 2.24) is 0 Å². The number of alkyl halides is 1. The second-order valence-electron chi connectivity index (χ2n) is 5.20. The van der Waals surface area contributed by atoms with Crippen molar-refractivity contribution in [3.05, 3.63) is 23.3 Å². The number of nitrogens with zero attached hydrogens (tertiary/aromatic N) is 1. The van der Waals surface area contributed by atoms with E-state index in [1.807, 2.05) is 12.1 Å². The third-order valence-electron chi connectivity index (χ3n) is 4.06. The molecule has 0 fully saturated rings. The van der Waals surface area contributed by atoms with Crippen LogP contribution in [-0.2, 0) is 5.41 Å². The van der Waals surface area contributed by atoms with E-state index >= 15 is 0 Å². The van der Waals surface area contributed by atoms with Crippen molar-refractivity contribution >= 4 is 15.9 Å². The Hall–Kier alpha value is -1.21. The molecule has 0 amide bonds. The number of nitriles is 1. The van der Waals surface area contributed by atoms with Crippen LogP contribution in [0.25, 0.3) is 0 Å². The van der Waals surface area contributed by atoms with Crippen LogP contribution < -0.4 is 9.47 Å². The Bertz CT molecular complexity index is 536. The molecule has 19 heavy (non-hydrogen) atoms. The summed E-state index contributed by atoms with van der Waals surface area (Å²) in [6, 6.07) is 6.46. The van der Waals surface area contributed by atoms with Gasteiger partial charge in [0.2, 0.25) is 0 Å². The molecule has 0 bridgehead atoms. The lowest BCUT2D eigenvalue weighted by Gasteiger charge is -2.27. The van der Waals surface area contributed by atoms with Gasteiger partial charge in [0.05, 0.1) is 25.7 Å². The van der Waals surface area contributed by atoms with E-state index in [9.17, 15) is 5.26 Å². The summed E-state index contributed by atoms with van der Waals surface area (Å²) in [4.78, 5) is 0.185. The molecule has 1 aliphatic carbocycles. The van der Waals surface area contributed by atoms with E-state index in [4.69, 9.17) is 9.47 Å². The largest absolute Gasteiger partial charge is 0.493 e. The predicted molar refractivity (Wildman–Crippen MR) is 78.0 cm³/mol. The van der Waals surface area contributed by atoms with Crippen LogP contribution in [0.1, 0.15) is 36.2 Å². The molecule has 0 saturated heterocycles. The minimum Gasteiger partial charge on any atom is -0.493 e. The third-order valence-corrected chi connectivity index (χ3v) is 4.88. The maximum Gasteiger partial charge on any atom is 0.161 e. The average Bonchev–Trinajstić information content (AvgIpc) is 2.70. The highest BCUT2D eigenvalue weighted by Gasteiger charge is 2.46. The van der Waals surface area contributed by atoms with Gasteiger partial charge in [-0.15, -0.1) is 0 Å². The first-order chi connectivity index (χ1) is 9.00. The second-order valence-corrected chi connectivity index (χ2v) is 6.31. The van der Waals surface area contributed by atoms with Gasteiger partial charge < -0.3 is 9.47 Å². The zero-order chi connectivity index (χ0) is 14.2. The summed E-state index contributed by atoms with van der Waals surface area (Å²) in [6.45, 7) is 4.18. The smallest absolute Gasteiger partial charge is 0.161 e. The quantitative estimate of drug-likeness (QED) is 0.790. The standard InChI is InChI=1S/C15H18BrNO2/c1-9(2)15(8-17)7-12(16)10-5-13(18-3)14(19-4)6-11(10)15/h5-6,9,12H,7H2,1-4H3. The van der Waals surface area contributed by atoms with Crippen LogP contribution in [0.3, 0.4) is 0 Å². The van der Waals surface area contributed by atoms with Crippen LogP contribution in [0, 0.1) is 17.2 Å². The Kier molecular flexibility index (Phi) is 3.78. The molecule has 4 heteroatoms. The fourth-order valence-electron chi connectivity index (χ4n) is 2.82. The van der Waals surface area contributed by atoms with E-state index in [0.717, 1.165) is 17.5 Å². The molecule has 0 saturated carbocycles. The van der Waals surface area contributed by atoms with E-state index in [1.165, 1.54) is 0 Å². The summed E-state index contributed by atoms with van der Waals surface area (Å²) in [5, 5.41) is 9.70. The Morgan fingerprint density at radius 1 is 1.32 bits per heavy atom. The number of ether oxygens (including phenoxy) is 2. The van der Waals surface area contributed by atoms with Gasteiger partial charge in [-0.3, -0.25) is 0 Å². The van der Waals surface area contributed by atoms with Gasteiger partial charge in [-0.05, 0) is 35.6 Å². The normalized spacial score (nSPS) is 25.0. The van der Waals surface area contributed by atoms with Gasteiger partial charge in [0, 0.05) is 4.83 Å². The molecule has 1 aromatic rings. The summed E-state index contributed by atoms with van der Waals surface area (Å²) in [5.74, 6) is 1.64. The number of benzene rings is 1. The zero-order valence-corrected chi connectivity index (χ0v) is 13.2. The van der Waals surface area contributed by atoms with Gasteiger partial charge in [-0.25, -0.2) is 0 Å². The highest BCUT2D eigenvalue weighted by molar-refractivity contribution is 9.09. The third kappa shape index (κ3) is 2.01. The summed E-state index contributed by atoms with van der Waals surface area (Å²) < 4.78 is 10.7. The Morgan fingerprint density at radius 3 is 2.37 bits per heavy atom. The molecule has 0 spiro atoms. The minimum absolute atomic E-state index is 0.185. The SMILES string of the molecule is COc1cc2c(cc1OC)C(C#N)(C(C)C)CC2Br. The average molecular weight is 324 g/mol. The van der Waals surface area contributed by atoms with E-state index in [0.29, 0.717) is 11.5 Å². The van der Waals surface area contributed by atoms with Crippen LogP contribution in [0.15, 0.2) is 12.1 Å². The molecular formula is C15H18BrNO2. The van der Waals surface area contributed by atoms with Crippen LogP contribution in [0.2, 0.25) is 0 Å². The number of hydrogen-bond donors (Lipinski definition) is 0. The lowest BCUT2D eigenvalue weighted by molar-refractivity contribution is 0.351. The summed E-state index contributed by atoms with van der Waals surface area (Å²) in [7, 11) is 3.25. The topological polar surface area (TPSA) is 42.2 Å². The van der Waals surface area contributed by atoms with Crippen LogP contribution in [-0.4, -0.2) is 14.2 Å². The molecule has 1 aromatic carbocycles. The van der Waals surface area contributed by atoms with Crippen LogP contribution in [0.4, 0.5) is 0 Å². The minimum atomic E-state index is -0.455.